The quantitative estimate of drug-likeness (QED) is 0.703. The highest BCUT2D eigenvalue weighted by molar-refractivity contribution is 5.47. The Balaban J connectivity index is 2.86. The minimum Gasteiger partial charge on any atom is -0.383 e. The maximum atomic E-state index is 6.08. The first-order valence-electron chi connectivity index (χ1n) is 7.15. The first-order chi connectivity index (χ1) is 9.72. The van der Waals surface area contributed by atoms with Crippen LogP contribution in [0.2, 0.25) is 0 Å². The highest BCUT2D eigenvalue weighted by Crippen LogP contribution is 2.19. The Bertz CT molecular complexity index is 366. The zero-order valence-electron chi connectivity index (χ0n) is 12.8. The Labute approximate surface area is 122 Å². The smallest absolute Gasteiger partial charge is 0.131 e. The van der Waals surface area contributed by atoms with Gasteiger partial charge in [0.2, 0.25) is 0 Å². The van der Waals surface area contributed by atoms with Gasteiger partial charge in [-0.05, 0) is 24.5 Å². The topological polar surface area (TPSA) is 60.6 Å². The lowest BCUT2D eigenvalue weighted by Crippen LogP contribution is -2.33. The van der Waals surface area contributed by atoms with Crippen molar-refractivity contribution in [3.8, 4) is 0 Å². The molecule has 0 aromatic carbocycles. The van der Waals surface area contributed by atoms with Crippen LogP contribution in [0, 0.1) is 0 Å². The summed E-state index contributed by atoms with van der Waals surface area (Å²) >= 11 is 0. The van der Waals surface area contributed by atoms with Gasteiger partial charge in [0.05, 0.1) is 13.2 Å². The first kappa shape index (κ1) is 16.9. The van der Waals surface area contributed by atoms with Crippen molar-refractivity contribution in [2.75, 3.05) is 45.4 Å². The van der Waals surface area contributed by atoms with Crippen LogP contribution in [0.3, 0.4) is 0 Å². The molecule has 1 heterocycles. The van der Waals surface area contributed by atoms with E-state index in [-0.39, 0.29) is 6.04 Å². The SMILES string of the molecule is CCC(N)Cc1cccnc1N(CCOC)CCOC. The summed E-state index contributed by atoms with van der Waals surface area (Å²) in [7, 11) is 3.42. The third-order valence-corrected chi connectivity index (χ3v) is 3.30. The van der Waals surface area contributed by atoms with Gasteiger partial charge in [-0.25, -0.2) is 4.98 Å². The molecule has 20 heavy (non-hydrogen) atoms. The van der Waals surface area contributed by atoms with E-state index in [9.17, 15) is 0 Å². The standard InChI is InChI=1S/C15H27N3O2/c1-4-14(16)12-13-6-5-7-17-15(13)18(8-10-19-2)9-11-20-3/h5-7,14H,4,8-12,16H2,1-3H3. The highest BCUT2D eigenvalue weighted by atomic mass is 16.5. The molecule has 0 spiro atoms. The molecule has 1 aromatic rings. The van der Waals surface area contributed by atoms with E-state index in [2.05, 4.69) is 22.9 Å². The Hall–Kier alpha value is -1.17. The second kappa shape index (κ2) is 9.69. The van der Waals surface area contributed by atoms with Crippen molar-refractivity contribution < 1.29 is 9.47 Å². The molecule has 114 valence electrons. The van der Waals surface area contributed by atoms with Gasteiger partial charge in [0, 0.05) is 39.5 Å². The summed E-state index contributed by atoms with van der Waals surface area (Å²) in [6.07, 6.45) is 3.63. The third kappa shape index (κ3) is 5.45. The van der Waals surface area contributed by atoms with E-state index in [0.29, 0.717) is 13.2 Å². The fraction of sp³-hybridized carbons (Fsp3) is 0.667. The van der Waals surface area contributed by atoms with Crippen LogP contribution in [0.25, 0.3) is 0 Å². The molecule has 1 atom stereocenters. The van der Waals surface area contributed by atoms with Crippen LogP contribution in [0.4, 0.5) is 5.82 Å². The third-order valence-electron chi connectivity index (χ3n) is 3.30. The maximum Gasteiger partial charge on any atom is 0.131 e. The lowest BCUT2D eigenvalue weighted by Gasteiger charge is -2.26. The predicted molar refractivity (Wildman–Crippen MR) is 82.2 cm³/mol. The summed E-state index contributed by atoms with van der Waals surface area (Å²) in [5.74, 6) is 0.991. The average molecular weight is 281 g/mol. The van der Waals surface area contributed by atoms with E-state index in [4.69, 9.17) is 15.2 Å². The van der Waals surface area contributed by atoms with E-state index in [0.717, 1.165) is 31.7 Å². The molecule has 0 aliphatic carbocycles. The Kier molecular flexibility index (Phi) is 8.18. The number of hydrogen-bond donors (Lipinski definition) is 1. The van der Waals surface area contributed by atoms with E-state index in [1.807, 2.05) is 12.3 Å². The van der Waals surface area contributed by atoms with Crippen molar-refractivity contribution in [2.24, 2.45) is 5.73 Å². The van der Waals surface area contributed by atoms with Gasteiger partial charge in [-0.2, -0.15) is 0 Å². The molecular formula is C15H27N3O2. The predicted octanol–water partition coefficient (Wildman–Crippen LogP) is 1.46. The van der Waals surface area contributed by atoms with E-state index >= 15 is 0 Å². The van der Waals surface area contributed by atoms with Crippen molar-refractivity contribution in [3.05, 3.63) is 23.9 Å². The molecule has 0 saturated heterocycles. The summed E-state index contributed by atoms with van der Waals surface area (Å²) in [4.78, 5) is 6.73. The van der Waals surface area contributed by atoms with E-state index < -0.39 is 0 Å². The number of nitrogens with two attached hydrogens (primary N) is 1. The molecule has 0 fully saturated rings. The molecule has 1 unspecified atom stereocenters. The Morgan fingerprint density at radius 3 is 2.45 bits per heavy atom. The highest BCUT2D eigenvalue weighted by Gasteiger charge is 2.14. The summed E-state index contributed by atoms with van der Waals surface area (Å²) in [6, 6.07) is 4.24. The van der Waals surface area contributed by atoms with Gasteiger partial charge in [-0.3, -0.25) is 0 Å². The first-order valence-corrected chi connectivity index (χ1v) is 7.15. The van der Waals surface area contributed by atoms with Crippen LogP contribution >= 0.6 is 0 Å². The second-order valence-corrected chi connectivity index (χ2v) is 4.83. The monoisotopic (exact) mass is 281 g/mol. The summed E-state index contributed by atoms with van der Waals surface area (Å²) in [5.41, 5.74) is 7.27. The molecule has 2 N–H and O–H groups in total. The van der Waals surface area contributed by atoms with Gasteiger partial charge < -0.3 is 20.1 Å². The Morgan fingerprint density at radius 1 is 1.25 bits per heavy atom. The lowest BCUT2D eigenvalue weighted by molar-refractivity contribution is 0.190. The number of methoxy groups -OCH3 is 2. The molecule has 1 rings (SSSR count). The fourth-order valence-electron chi connectivity index (χ4n) is 2.03. The number of rotatable bonds is 10. The van der Waals surface area contributed by atoms with Gasteiger partial charge >= 0.3 is 0 Å². The van der Waals surface area contributed by atoms with Gasteiger partial charge in [0.15, 0.2) is 0 Å². The number of nitrogens with zero attached hydrogens (tertiary/aromatic N) is 2. The molecule has 0 aliphatic heterocycles. The largest absolute Gasteiger partial charge is 0.383 e. The van der Waals surface area contributed by atoms with Gasteiger partial charge in [-0.1, -0.05) is 13.0 Å². The van der Waals surface area contributed by atoms with Crippen LogP contribution in [0.15, 0.2) is 18.3 Å². The Morgan fingerprint density at radius 2 is 1.90 bits per heavy atom. The van der Waals surface area contributed by atoms with Crippen LogP contribution in [-0.2, 0) is 15.9 Å². The molecule has 0 amide bonds. The van der Waals surface area contributed by atoms with Crippen molar-refractivity contribution in [2.45, 2.75) is 25.8 Å². The van der Waals surface area contributed by atoms with Crippen LogP contribution in [-0.4, -0.2) is 51.5 Å². The summed E-state index contributed by atoms with van der Waals surface area (Å²) in [5, 5.41) is 0. The van der Waals surface area contributed by atoms with Gasteiger partial charge in [0.1, 0.15) is 5.82 Å². The molecule has 1 aromatic heterocycles. The van der Waals surface area contributed by atoms with Crippen LogP contribution in [0.1, 0.15) is 18.9 Å². The zero-order chi connectivity index (χ0) is 14.8. The van der Waals surface area contributed by atoms with Gasteiger partial charge in [0.25, 0.3) is 0 Å². The normalized spacial score (nSPS) is 12.4. The molecule has 5 nitrogen and oxygen atoms in total. The number of aromatic nitrogens is 1. The number of anilines is 1. The molecule has 0 aliphatic rings. The molecule has 0 radical (unpaired) electrons. The van der Waals surface area contributed by atoms with E-state index in [1.54, 1.807) is 14.2 Å². The minimum atomic E-state index is 0.171. The number of pyridine rings is 1. The van der Waals surface area contributed by atoms with E-state index in [1.165, 1.54) is 5.56 Å². The average Bonchev–Trinajstić information content (AvgIpc) is 2.48. The van der Waals surface area contributed by atoms with Gasteiger partial charge in [-0.15, -0.1) is 0 Å². The number of hydrogen-bond acceptors (Lipinski definition) is 5. The summed E-state index contributed by atoms with van der Waals surface area (Å²) < 4.78 is 10.4. The van der Waals surface area contributed by atoms with Crippen LogP contribution in [0.5, 0.6) is 0 Å². The molecular weight excluding hydrogens is 254 g/mol. The zero-order valence-corrected chi connectivity index (χ0v) is 12.8. The second-order valence-electron chi connectivity index (χ2n) is 4.83. The molecule has 0 bridgehead atoms. The molecule has 0 saturated carbocycles. The number of ether oxygens (including phenoxy) is 2. The minimum absolute atomic E-state index is 0.171. The van der Waals surface area contributed by atoms with Crippen molar-refractivity contribution in [1.29, 1.82) is 0 Å². The maximum absolute atomic E-state index is 6.08. The molecule has 5 heteroatoms. The lowest BCUT2D eigenvalue weighted by atomic mass is 10.1. The summed E-state index contributed by atoms with van der Waals surface area (Å²) in [6.45, 7) is 5.03. The fourth-order valence-corrected chi connectivity index (χ4v) is 2.03. The van der Waals surface area contributed by atoms with Crippen molar-refractivity contribution in [3.63, 3.8) is 0 Å². The van der Waals surface area contributed by atoms with Crippen molar-refractivity contribution in [1.82, 2.24) is 4.98 Å². The van der Waals surface area contributed by atoms with Crippen molar-refractivity contribution >= 4 is 5.82 Å². The van der Waals surface area contributed by atoms with Crippen LogP contribution < -0.4 is 10.6 Å².